The van der Waals surface area contributed by atoms with Gasteiger partial charge in [0, 0.05) is 17.1 Å². The average molecular weight is 366 g/mol. The number of aromatic carboxylic acids is 2. The van der Waals surface area contributed by atoms with E-state index in [1.54, 1.807) is 26.0 Å². The minimum atomic E-state index is -1.17. The molecule has 2 N–H and O–H groups in total. The Hall–Kier alpha value is -2.50. The topological polar surface area (TPSA) is 121 Å². The van der Waals surface area contributed by atoms with Gasteiger partial charge >= 0.3 is 11.9 Å². The van der Waals surface area contributed by atoms with E-state index in [-0.39, 0.29) is 28.2 Å². The molecule has 2 rings (SSSR count). The summed E-state index contributed by atoms with van der Waals surface area (Å²) in [6.45, 7) is 3.49. The first-order valence-corrected chi connectivity index (χ1v) is 6.24. The third kappa shape index (κ3) is 6.02. The van der Waals surface area contributed by atoms with Gasteiger partial charge in [-0.25, -0.2) is 9.59 Å². The van der Waals surface area contributed by atoms with Gasteiger partial charge in [0.2, 0.25) is 0 Å². The van der Waals surface area contributed by atoms with E-state index >= 15 is 0 Å². The maximum Gasteiger partial charge on any atom is 0.335 e. The van der Waals surface area contributed by atoms with Crippen molar-refractivity contribution in [1.29, 1.82) is 0 Å². The van der Waals surface area contributed by atoms with E-state index in [2.05, 4.69) is 0 Å². The molecule has 1 radical (unpaired) electrons. The van der Waals surface area contributed by atoms with Crippen LogP contribution in [0.5, 0.6) is 11.5 Å². The Bertz CT molecular complexity index is 650. The number of hydrogen-bond donors (Lipinski definition) is 2. The van der Waals surface area contributed by atoms with Crippen LogP contribution in [0.4, 0.5) is 0 Å². The van der Waals surface area contributed by atoms with Crippen LogP contribution in [0, 0.1) is 13.8 Å². The van der Waals surface area contributed by atoms with Crippen LogP contribution in [0.2, 0.25) is 0 Å². The summed E-state index contributed by atoms with van der Waals surface area (Å²) in [6, 6.07) is 8.46. The van der Waals surface area contributed by atoms with E-state index in [0.29, 0.717) is 0 Å². The summed E-state index contributed by atoms with van der Waals surface area (Å²) in [7, 11) is 0. The van der Waals surface area contributed by atoms with Gasteiger partial charge in [0.25, 0.3) is 0 Å². The van der Waals surface area contributed by atoms with Crippen molar-refractivity contribution in [3.8, 4) is 11.5 Å². The van der Waals surface area contributed by atoms with Gasteiger partial charge < -0.3 is 20.4 Å². The fourth-order valence-electron chi connectivity index (χ4n) is 1.61. The third-order valence-electron chi connectivity index (χ3n) is 2.74. The zero-order valence-corrected chi connectivity index (χ0v) is 13.2. The van der Waals surface area contributed by atoms with Crippen molar-refractivity contribution in [2.24, 2.45) is 0 Å². The molecule has 0 aliphatic rings. The molecule has 0 atom stereocenters. The number of aryl methyl sites for hydroxylation is 2. The maximum atomic E-state index is 10.9. The van der Waals surface area contributed by atoms with Gasteiger partial charge in [0.1, 0.15) is 0 Å². The van der Waals surface area contributed by atoms with E-state index in [1.165, 1.54) is 24.3 Å². The van der Waals surface area contributed by atoms with Crippen molar-refractivity contribution in [1.82, 2.24) is 0 Å². The van der Waals surface area contributed by atoms with Crippen LogP contribution in [-0.2, 0) is 17.1 Å². The van der Waals surface area contributed by atoms with Crippen molar-refractivity contribution in [3.63, 3.8) is 0 Å². The van der Waals surface area contributed by atoms with E-state index < -0.39 is 23.4 Å². The first kappa shape index (κ1) is 20.5. The van der Waals surface area contributed by atoms with E-state index in [9.17, 15) is 19.8 Å². The molecule has 0 aliphatic carbocycles. The van der Waals surface area contributed by atoms with Crippen LogP contribution in [-0.4, -0.2) is 22.2 Å². The average Bonchev–Trinajstić information content (AvgIpc) is 2.38. The molecule has 0 heterocycles. The maximum absolute atomic E-state index is 10.9. The molecule has 2 aromatic rings. The smallest absolute Gasteiger partial charge is 0.335 e. The molecule has 0 saturated carbocycles. The number of benzene rings is 2. The minimum Gasteiger partial charge on any atom is -0.872 e. The Balaban J connectivity index is 0.000000403. The van der Waals surface area contributed by atoms with Crippen LogP contribution in [0.15, 0.2) is 36.4 Å². The van der Waals surface area contributed by atoms with Crippen LogP contribution < -0.4 is 10.2 Å². The quantitative estimate of drug-likeness (QED) is 0.778. The van der Waals surface area contributed by atoms with Crippen LogP contribution in [0.1, 0.15) is 31.8 Å². The van der Waals surface area contributed by atoms with Crippen molar-refractivity contribution in [2.75, 3.05) is 0 Å². The Morgan fingerprint density at radius 2 is 1.09 bits per heavy atom. The Morgan fingerprint density at radius 3 is 1.30 bits per heavy atom. The fraction of sp³-hybridized carbons (Fsp3) is 0.125. The van der Waals surface area contributed by atoms with Crippen molar-refractivity contribution >= 4 is 11.9 Å². The molecule has 2 aromatic carbocycles. The van der Waals surface area contributed by atoms with Crippen molar-refractivity contribution in [2.45, 2.75) is 13.8 Å². The standard InChI is InChI=1S/2C8H8O3.Cu/c2*1-5-2-3-6(8(10)11)7(9)4-5;/h2*2-4,9H,1H3,(H,10,11);/p-2. The van der Waals surface area contributed by atoms with Gasteiger partial charge in [-0.05, 0) is 26.0 Å². The monoisotopic (exact) mass is 365 g/mol. The zero-order valence-electron chi connectivity index (χ0n) is 12.3. The molecule has 0 bridgehead atoms. The number of hydrogen-bond acceptors (Lipinski definition) is 4. The summed E-state index contributed by atoms with van der Waals surface area (Å²) in [5.41, 5.74) is 1.21. The Labute approximate surface area is 143 Å². The van der Waals surface area contributed by atoms with Gasteiger partial charge in [0.15, 0.2) is 0 Å². The summed E-state index contributed by atoms with van der Waals surface area (Å²) in [6.07, 6.45) is 0. The molecule has 0 spiro atoms. The molecule has 0 unspecified atom stereocenters. The Kier molecular flexibility index (Phi) is 7.87. The number of carboxylic acids is 2. The molecule has 7 heteroatoms. The molecule has 23 heavy (non-hydrogen) atoms. The Morgan fingerprint density at radius 1 is 0.783 bits per heavy atom. The van der Waals surface area contributed by atoms with Gasteiger partial charge in [-0.1, -0.05) is 46.9 Å². The summed E-state index contributed by atoms with van der Waals surface area (Å²) in [5.74, 6) is -3.21. The first-order valence-electron chi connectivity index (χ1n) is 6.24. The summed E-state index contributed by atoms with van der Waals surface area (Å²) < 4.78 is 0. The van der Waals surface area contributed by atoms with E-state index in [1.807, 2.05) is 0 Å². The number of carbonyl (C=O) groups is 2. The van der Waals surface area contributed by atoms with Crippen molar-refractivity contribution < 1.29 is 47.1 Å². The second kappa shape index (κ2) is 8.82. The predicted octanol–water partition coefficient (Wildman–Crippen LogP) is 1.53. The molecule has 0 aromatic heterocycles. The summed E-state index contributed by atoms with van der Waals surface area (Å²) in [5, 5.41) is 38.7. The van der Waals surface area contributed by atoms with Crippen LogP contribution >= 0.6 is 0 Å². The molecule has 127 valence electrons. The molecule has 0 amide bonds. The van der Waals surface area contributed by atoms with Crippen LogP contribution in [0.25, 0.3) is 0 Å². The second-order valence-corrected chi connectivity index (χ2v) is 4.61. The minimum absolute atomic E-state index is 0. The molecule has 0 saturated heterocycles. The molecule has 6 nitrogen and oxygen atoms in total. The first-order chi connectivity index (χ1) is 10.2. The van der Waals surface area contributed by atoms with Gasteiger partial charge in [-0.2, -0.15) is 0 Å². The van der Waals surface area contributed by atoms with Crippen LogP contribution in [0.3, 0.4) is 0 Å². The molecular weight excluding hydrogens is 352 g/mol. The number of carboxylic acid groups (broad SMARTS) is 2. The second-order valence-electron chi connectivity index (χ2n) is 4.61. The fourth-order valence-corrected chi connectivity index (χ4v) is 1.61. The van der Waals surface area contributed by atoms with Gasteiger partial charge in [-0.3, -0.25) is 0 Å². The third-order valence-corrected chi connectivity index (χ3v) is 2.74. The summed E-state index contributed by atoms with van der Waals surface area (Å²) in [4.78, 5) is 20.7. The van der Waals surface area contributed by atoms with E-state index in [4.69, 9.17) is 10.2 Å². The van der Waals surface area contributed by atoms with E-state index in [0.717, 1.165) is 11.1 Å². The van der Waals surface area contributed by atoms with Gasteiger partial charge in [-0.15, -0.1) is 0 Å². The summed E-state index contributed by atoms with van der Waals surface area (Å²) >= 11 is 0. The normalized spacial score (nSPS) is 9.13. The molecule has 0 aliphatic heterocycles. The predicted molar refractivity (Wildman–Crippen MR) is 75.2 cm³/mol. The largest absolute Gasteiger partial charge is 0.872 e. The zero-order chi connectivity index (χ0) is 16.9. The SMILES string of the molecule is Cc1ccc(C(=O)O)c([O-])c1.Cc1ccc(C(=O)O)c([O-])c1.[Cu]. The molecule has 0 fully saturated rings. The molecular formula is C16H14CuO6-2. The number of rotatable bonds is 2. The van der Waals surface area contributed by atoms with Crippen molar-refractivity contribution in [3.05, 3.63) is 58.7 Å². The van der Waals surface area contributed by atoms with Gasteiger partial charge in [0.05, 0.1) is 11.1 Å².